The number of hydrogen-bond donors (Lipinski definition) is 1. The number of rotatable bonds is 4. The number of fused-ring (bicyclic) bond motifs is 1. The number of nitrogens with two attached hydrogens (primary N) is 1. The van der Waals surface area contributed by atoms with Crippen LogP contribution in [0.5, 0.6) is 5.75 Å². The highest BCUT2D eigenvalue weighted by Crippen LogP contribution is 2.34. The molecule has 2 aromatic carbocycles. The maximum absolute atomic E-state index is 6.27. The zero-order chi connectivity index (χ0) is 13.9. The summed E-state index contributed by atoms with van der Waals surface area (Å²) < 4.78 is 6.89. The molecule has 20 heavy (non-hydrogen) atoms. The second-order valence-corrected chi connectivity index (χ2v) is 6.12. The van der Waals surface area contributed by atoms with Gasteiger partial charge in [-0.05, 0) is 41.7 Å². The van der Waals surface area contributed by atoms with E-state index in [0.717, 1.165) is 36.1 Å². The van der Waals surface area contributed by atoms with E-state index < -0.39 is 0 Å². The first-order chi connectivity index (χ1) is 9.74. The van der Waals surface area contributed by atoms with Crippen molar-refractivity contribution in [2.75, 3.05) is 6.61 Å². The quantitative estimate of drug-likeness (QED) is 0.918. The van der Waals surface area contributed by atoms with Gasteiger partial charge in [0.15, 0.2) is 0 Å². The van der Waals surface area contributed by atoms with E-state index in [1.165, 1.54) is 16.7 Å². The van der Waals surface area contributed by atoms with Crippen molar-refractivity contribution in [2.45, 2.75) is 25.3 Å². The van der Waals surface area contributed by atoms with Crippen molar-refractivity contribution >= 4 is 15.9 Å². The van der Waals surface area contributed by atoms with Crippen LogP contribution in [-0.4, -0.2) is 6.61 Å². The molecule has 1 heterocycles. The van der Waals surface area contributed by atoms with Crippen molar-refractivity contribution in [3.63, 3.8) is 0 Å². The monoisotopic (exact) mass is 331 g/mol. The van der Waals surface area contributed by atoms with E-state index >= 15 is 0 Å². The maximum atomic E-state index is 6.27. The van der Waals surface area contributed by atoms with Crippen LogP contribution < -0.4 is 10.5 Å². The van der Waals surface area contributed by atoms with Crippen LogP contribution in [0.2, 0.25) is 0 Å². The van der Waals surface area contributed by atoms with Crippen molar-refractivity contribution in [1.29, 1.82) is 0 Å². The summed E-state index contributed by atoms with van der Waals surface area (Å²) in [6, 6.07) is 14.7. The lowest BCUT2D eigenvalue weighted by molar-refractivity contribution is 0.353. The van der Waals surface area contributed by atoms with Crippen LogP contribution >= 0.6 is 15.9 Å². The molecule has 0 amide bonds. The number of halogens is 1. The van der Waals surface area contributed by atoms with Gasteiger partial charge < -0.3 is 10.5 Å². The SMILES string of the molecule is NC(CCc1cc(Br)cc2c1OCC2)c1ccccc1. The molecular formula is C17H18BrNO. The summed E-state index contributed by atoms with van der Waals surface area (Å²) in [4.78, 5) is 0. The van der Waals surface area contributed by atoms with Gasteiger partial charge in [0.25, 0.3) is 0 Å². The molecule has 0 fully saturated rings. The van der Waals surface area contributed by atoms with E-state index in [0.29, 0.717) is 0 Å². The van der Waals surface area contributed by atoms with Crippen LogP contribution in [0.15, 0.2) is 46.9 Å². The van der Waals surface area contributed by atoms with E-state index in [4.69, 9.17) is 10.5 Å². The van der Waals surface area contributed by atoms with Crippen molar-refractivity contribution in [2.24, 2.45) is 5.73 Å². The minimum absolute atomic E-state index is 0.0761. The van der Waals surface area contributed by atoms with Gasteiger partial charge in [-0.25, -0.2) is 0 Å². The molecule has 2 nitrogen and oxygen atoms in total. The van der Waals surface area contributed by atoms with Gasteiger partial charge in [0.1, 0.15) is 5.75 Å². The molecule has 0 bridgehead atoms. The molecule has 0 aliphatic carbocycles. The molecule has 2 N–H and O–H groups in total. The zero-order valence-electron chi connectivity index (χ0n) is 11.3. The summed E-state index contributed by atoms with van der Waals surface area (Å²) >= 11 is 3.58. The first-order valence-corrected chi connectivity index (χ1v) is 7.78. The fourth-order valence-electron chi connectivity index (χ4n) is 2.71. The van der Waals surface area contributed by atoms with Crippen LogP contribution in [0.25, 0.3) is 0 Å². The molecule has 0 spiro atoms. The van der Waals surface area contributed by atoms with E-state index in [1.54, 1.807) is 0 Å². The van der Waals surface area contributed by atoms with E-state index in [9.17, 15) is 0 Å². The number of benzene rings is 2. The Morgan fingerprint density at radius 1 is 1.20 bits per heavy atom. The van der Waals surface area contributed by atoms with E-state index in [2.05, 4.69) is 40.2 Å². The molecule has 1 unspecified atom stereocenters. The van der Waals surface area contributed by atoms with Gasteiger partial charge in [-0.3, -0.25) is 0 Å². The average Bonchev–Trinajstić information content (AvgIpc) is 2.93. The predicted molar refractivity (Wildman–Crippen MR) is 85.0 cm³/mol. The fourth-order valence-corrected chi connectivity index (χ4v) is 3.26. The molecular weight excluding hydrogens is 314 g/mol. The summed E-state index contributed by atoms with van der Waals surface area (Å²) in [7, 11) is 0. The Morgan fingerprint density at radius 3 is 2.80 bits per heavy atom. The minimum atomic E-state index is 0.0761. The van der Waals surface area contributed by atoms with Crippen LogP contribution in [0.3, 0.4) is 0 Å². The van der Waals surface area contributed by atoms with Crippen molar-refractivity contribution in [3.8, 4) is 5.75 Å². The lowest BCUT2D eigenvalue weighted by Crippen LogP contribution is -2.11. The molecule has 3 rings (SSSR count). The van der Waals surface area contributed by atoms with Gasteiger partial charge in [0, 0.05) is 16.9 Å². The van der Waals surface area contributed by atoms with Crippen molar-refractivity contribution in [1.82, 2.24) is 0 Å². The Morgan fingerprint density at radius 2 is 2.00 bits per heavy atom. The Kier molecular flexibility index (Phi) is 4.08. The second kappa shape index (κ2) is 5.98. The van der Waals surface area contributed by atoms with Gasteiger partial charge in [-0.15, -0.1) is 0 Å². The van der Waals surface area contributed by atoms with E-state index in [1.807, 2.05) is 18.2 Å². The Hall–Kier alpha value is -1.32. The molecule has 1 atom stereocenters. The largest absolute Gasteiger partial charge is 0.493 e. The Balaban J connectivity index is 1.73. The zero-order valence-corrected chi connectivity index (χ0v) is 12.9. The molecule has 0 saturated heterocycles. The molecule has 2 aromatic rings. The van der Waals surface area contributed by atoms with E-state index in [-0.39, 0.29) is 6.04 Å². The summed E-state index contributed by atoms with van der Waals surface area (Å²) in [5, 5.41) is 0. The second-order valence-electron chi connectivity index (χ2n) is 5.21. The van der Waals surface area contributed by atoms with Crippen LogP contribution in [-0.2, 0) is 12.8 Å². The lowest BCUT2D eigenvalue weighted by atomic mass is 9.98. The molecule has 0 saturated carbocycles. The summed E-state index contributed by atoms with van der Waals surface area (Å²) in [5.74, 6) is 1.08. The van der Waals surface area contributed by atoms with Crippen molar-refractivity contribution < 1.29 is 4.74 Å². The Bertz CT molecular complexity index is 597. The lowest BCUT2D eigenvalue weighted by Gasteiger charge is -2.14. The summed E-state index contributed by atoms with van der Waals surface area (Å²) in [6.07, 6.45) is 2.88. The summed E-state index contributed by atoms with van der Waals surface area (Å²) in [6.45, 7) is 0.795. The molecule has 1 aliphatic rings. The van der Waals surface area contributed by atoms with Gasteiger partial charge in [0.2, 0.25) is 0 Å². The number of hydrogen-bond acceptors (Lipinski definition) is 2. The van der Waals surface area contributed by atoms with Crippen LogP contribution in [0, 0.1) is 0 Å². The molecule has 0 radical (unpaired) electrons. The standard InChI is InChI=1S/C17H18BrNO/c18-15-10-13(17-14(11-15)8-9-20-17)6-7-16(19)12-4-2-1-3-5-12/h1-5,10-11,16H,6-9,19H2. The first kappa shape index (κ1) is 13.7. The molecule has 3 heteroatoms. The van der Waals surface area contributed by atoms with Crippen molar-refractivity contribution in [3.05, 3.63) is 63.6 Å². The van der Waals surface area contributed by atoms with Gasteiger partial charge >= 0.3 is 0 Å². The van der Waals surface area contributed by atoms with Gasteiger partial charge in [-0.1, -0.05) is 46.3 Å². The Labute approximate surface area is 128 Å². The van der Waals surface area contributed by atoms with Crippen LogP contribution in [0.4, 0.5) is 0 Å². The number of aryl methyl sites for hydroxylation is 1. The molecule has 0 aromatic heterocycles. The highest BCUT2D eigenvalue weighted by atomic mass is 79.9. The third-order valence-corrected chi connectivity index (χ3v) is 4.24. The molecule has 104 valence electrons. The highest BCUT2D eigenvalue weighted by Gasteiger charge is 2.18. The van der Waals surface area contributed by atoms with Gasteiger partial charge in [0.05, 0.1) is 6.61 Å². The van der Waals surface area contributed by atoms with Gasteiger partial charge in [-0.2, -0.15) is 0 Å². The molecule has 1 aliphatic heterocycles. The fraction of sp³-hybridized carbons (Fsp3) is 0.294. The minimum Gasteiger partial charge on any atom is -0.493 e. The maximum Gasteiger partial charge on any atom is 0.125 e. The summed E-state index contributed by atoms with van der Waals surface area (Å²) in [5.41, 5.74) is 10.0. The first-order valence-electron chi connectivity index (χ1n) is 6.98. The third kappa shape index (κ3) is 2.89. The number of ether oxygens (including phenoxy) is 1. The highest BCUT2D eigenvalue weighted by molar-refractivity contribution is 9.10. The van der Waals surface area contributed by atoms with Crippen LogP contribution in [0.1, 0.15) is 29.2 Å². The third-order valence-electron chi connectivity index (χ3n) is 3.78. The predicted octanol–water partition coefficient (Wildman–Crippen LogP) is 4.02. The topological polar surface area (TPSA) is 35.2 Å². The average molecular weight is 332 g/mol. The smallest absolute Gasteiger partial charge is 0.125 e. The normalized spacial score (nSPS) is 14.7.